The van der Waals surface area contributed by atoms with E-state index in [0.717, 1.165) is 17.8 Å². The molecular formula is C11H18N4. The van der Waals surface area contributed by atoms with Crippen LogP contribution in [0.1, 0.15) is 12.5 Å². The number of hydrogen-bond acceptors (Lipinski definition) is 2. The highest BCUT2D eigenvalue weighted by atomic mass is 15.2. The Morgan fingerprint density at radius 3 is 2.80 bits per heavy atom. The first-order valence-electron chi connectivity index (χ1n) is 5.01. The van der Waals surface area contributed by atoms with Crippen molar-refractivity contribution < 1.29 is 0 Å². The summed E-state index contributed by atoms with van der Waals surface area (Å²) >= 11 is 0. The SMILES string of the molecule is CCN(C)C(N)=Nc1cccc(CN)c1. The normalized spacial score (nSPS) is 11.5. The van der Waals surface area contributed by atoms with Crippen LogP contribution in [-0.4, -0.2) is 24.5 Å². The van der Waals surface area contributed by atoms with E-state index in [1.165, 1.54) is 0 Å². The van der Waals surface area contributed by atoms with Crippen LogP contribution in [0.3, 0.4) is 0 Å². The number of nitrogens with zero attached hydrogens (tertiary/aromatic N) is 2. The fraction of sp³-hybridized carbons (Fsp3) is 0.364. The van der Waals surface area contributed by atoms with E-state index in [4.69, 9.17) is 11.5 Å². The monoisotopic (exact) mass is 206 g/mol. The van der Waals surface area contributed by atoms with Crippen molar-refractivity contribution in [1.82, 2.24) is 4.90 Å². The lowest BCUT2D eigenvalue weighted by molar-refractivity contribution is 0.529. The third kappa shape index (κ3) is 3.25. The molecule has 1 aromatic rings. The molecule has 1 rings (SSSR count). The summed E-state index contributed by atoms with van der Waals surface area (Å²) in [5, 5.41) is 0. The van der Waals surface area contributed by atoms with Gasteiger partial charge in [0.15, 0.2) is 5.96 Å². The minimum Gasteiger partial charge on any atom is -0.369 e. The molecule has 0 amide bonds. The first-order valence-corrected chi connectivity index (χ1v) is 5.01. The molecule has 1 aromatic carbocycles. The molecule has 0 saturated carbocycles. The molecule has 0 aromatic heterocycles. The molecule has 0 spiro atoms. The van der Waals surface area contributed by atoms with E-state index in [2.05, 4.69) is 4.99 Å². The number of rotatable bonds is 3. The molecule has 0 fully saturated rings. The Hall–Kier alpha value is -1.55. The van der Waals surface area contributed by atoms with Gasteiger partial charge in [-0.1, -0.05) is 12.1 Å². The molecule has 4 heteroatoms. The van der Waals surface area contributed by atoms with Crippen LogP contribution in [0.25, 0.3) is 0 Å². The average Bonchev–Trinajstić information content (AvgIpc) is 2.28. The molecule has 4 N–H and O–H groups in total. The van der Waals surface area contributed by atoms with Crippen molar-refractivity contribution in [2.75, 3.05) is 13.6 Å². The van der Waals surface area contributed by atoms with Crippen LogP contribution in [-0.2, 0) is 6.54 Å². The van der Waals surface area contributed by atoms with E-state index in [1.54, 1.807) is 0 Å². The molecule has 0 aliphatic carbocycles. The molecule has 4 nitrogen and oxygen atoms in total. The van der Waals surface area contributed by atoms with E-state index in [-0.39, 0.29) is 0 Å². The van der Waals surface area contributed by atoms with Gasteiger partial charge in [0.1, 0.15) is 0 Å². The zero-order valence-electron chi connectivity index (χ0n) is 9.27. The highest BCUT2D eigenvalue weighted by Gasteiger charge is 1.98. The van der Waals surface area contributed by atoms with Crippen molar-refractivity contribution in [1.29, 1.82) is 0 Å². The molecular weight excluding hydrogens is 188 g/mol. The number of nitrogens with two attached hydrogens (primary N) is 2. The second-order valence-corrected chi connectivity index (χ2v) is 3.36. The van der Waals surface area contributed by atoms with Gasteiger partial charge in [0.2, 0.25) is 0 Å². The van der Waals surface area contributed by atoms with E-state index in [1.807, 2.05) is 43.1 Å². The minimum absolute atomic E-state index is 0.520. The smallest absolute Gasteiger partial charge is 0.196 e. The largest absolute Gasteiger partial charge is 0.369 e. The third-order valence-corrected chi connectivity index (χ3v) is 2.26. The fourth-order valence-electron chi connectivity index (χ4n) is 1.13. The molecule has 0 bridgehead atoms. The highest BCUT2D eigenvalue weighted by Crippen LogP contribution is 2.13. The van der Waals surface area contributed by atoms with Crippen LogP contribution in [0.4, 0.5) is 5.69 Å². The molecule has 0 unspecified atom stereocenters. The van der Waals surface area contributed by atoms with Crippen molar-refractivity contribution in [3.8, 4) is 0 Å². The maximum Gasteiger partial charge on any atom is 0.196 e. The summed E-state index contributed by atoms with van der Waals surface area (Å²) in [6.07, 6.45) is 0. The highest BCUT2D eigenvalue weighted by molar-refractivity contribution is 5.80. The lowest BCUT2D eigenvalue weighted by atomic mass is 10.2. The van der Waals surface area contributed by atoms with Crippen LogP contribution in [0.15, 0.2) is 29.3 Å². The predicted octanol–water partition coefficient (Wildman–Crippen LogP) is 1.04. The van der Waals surface area contributed by atoms with Crippen LogP contribution in [0.5, 0.6) is 0 Å². The van der Waals surface area contributed by atoms with E-state index < -0.39 is 0 Å². The number of hydrogen-bond donors (Lipinski definition) is 2. The van der Waals surface area contributed by atoms with Gasteiger partial charge in [-0.2, -0.15) is 0 Å². The van der Waals surface area contributed by atoms with Gasteiger partial charge in [-0.25, -0.2) is 4.99 Å². The Morgan fingerprint density at radius 2 is 2.20 bits per heavy atom. The van der Waals surface area contributed by atoms with Crippen LogP contribution < -0.4 is 11.5 Å². The van der Waals surface area contributed by atoms with E-state index in [9.17, 15) is 0 Å². The third-order valence-electron chi connectivity index (χ3n) is 2.26. The van der Waals surface area contributed by atoms with Crippen molar-refractivity contribution in [2.45, 2.75) is 13.5 Å². The molecule has 82 valence electrons. The van der Waals surface area contributed by atoms with Gasteiger partial charge in [-0.3, -0.25) is 0 Å². The number of guanidine groups is 1. The van der Waals surface area contributed by atoms with Crippen LogP contribution in [0, 0.1) is 0 Å². The molecule has 0 atom stereocenters. The van der Waals surface area contributed by atoms with Crippen LogP contribution in [0.2, 0.25) is 0 Å². The first-order chi connectivity index (χ1) is 7.17. The summed E-state index contributed by atoms with van der Waals surface area (Å²) in [5.41, 5.74) is 13.2. The quantitative estimate of drug-likeness (QED) is 0.573. The molecule has 0 saturated heterocycles. The fourth-order valence-corrected chi connectivity index (χ4v) is 1.13. The zero-order chi connectivity index (χ0) is 11.3. The molecule has 0 heterocycles. The number of benzene rings is 1. The minimum atomic E-state index is 0.520. The lowest BCUT2D eigenvalue weighted by Gasteiger charge is -2.14. The summed E-state index contributed by atoms with van der Waals surface area (Å²) in [4.78, 5) is 6.19. The van der Waals surface area contributed by atoms with E-state index in [0.29, 0.717) is 12.5 Å². The van der Waals surface area contributed by atoms with Crippen molar-refractivity contribution in [2.24, 2.45) is 16.5 Å². The summed E-state index contributed by atoms with van der Waals surface area (Å²) in [7, 11) is 1.91. The Kier molecular flexibility index (Phi) is 4.12. The van der Waals surface area contributed by atoms with Gasteiger partial charge in [0.05, 0.1) is 5.69 Å². The average molecular weight is 206 g/mol. The predicted molar refractivity (Wildman–Crippen MR) is 63.9 cm³/mol. The molecule has 0 aliphatic heterocycles. The first kappa shape index (κ1) is 11.5. The second-order valence-electron chi connectivity index (χ2n) is 3.36. The van der Waals surface area contributed by atoms with Gasteiger partial charge >= 0.3 is 0 Å². The summed E-state index contributed by atoms with van der Waals surface area (Å²) in [6, 6.07) is 7.75. The molecule has 15 heavy (non-hydrogen) atoms. The molecule has 0 radical (unpaired) electrons. The Labute approximate surface area is 90.6 Å². The van der Waals surface area contributed by atoms with Gasteiger partial charge in [0, 0.05) is 20.1 Å². The van der Waals surface area contributed by atoms with E-state index >= 15 is 0 Å². The Bertz CT molecular complexity index is 346. The van der Waals surface area contributed by atoms with Crippen LogP contribution >= 0.6 is 0 Å². The summed E-state index contributed by atoms with van der Waals surface area (Å²) in [6.45, 7) is 3.39. The van der Waals surface area contributed by atoms with Gasteiger partial charge in [0.25, 0.3) is 0 Å². The summed E-state index contributed by atoms with van der Waals surface area (Å²) < 4.78 is 0. The Morgan fingerprint density at radius 1 is 1.47 bits per heavy atom. The van der Waals surface area contributed by atoms with Crippen molar-refractivity contribution in [3.05, 3.63) is 29.8 Å². The lowest BCUT2D eigenvalue weighted by Crippen LogP contribution is -2.33. The summed E-state index contributed by atoms with van der Waals surface area (Å²) in [5.74, 6) is 0.520. The maximum absolute atomic E-state index is 5.80. The second kappa shape index (κ2) is 5.36. The topological polar surface area (TPSA) is 67.6 Å². The maximum atomic E-state index is 5.80. The van der Waals surface area contributed by atoms with Crippen molar-refractivity contribution >= 4 is 11.6 Å². The van der Waals surface area contributed by atoms with Crippen molar-refractivity contribution in [3.63, 3.8) is 0 Å². The van der Waals surface area contributed by atoms with Gasteiger partial charge in [-0.05, 0) is 24.6 Å². The Balaban J connectivity index is 2.87. The van der Waals surface area contributed by atoms with Gasteiger partial charge < -0.3 is 16.4 Å². The zero-order valence-corrected chi connectivity index (χ0v) is 9.27. The standard InChI is InChI=1S/C11H18N4/c1-3-15(2)11(13)14-10-6-4-5-9(7-10)8-12/h4-7H,3,8,12H2,1-2H3,(H2,13,14). The van der Waals surface area contributed by atoms with Gasteiger partial charge in [-0.15, -0.1) is 0 Å². The molecule has 0 aliphatic rings. The number of aliphatic imine (C=N–C) groups is 1.